The predicted molar refractivity (Wildman–Crippen MR) is 75.6 cm³/mol. The van der Waals surface area contributed by atoms with Crippen LogP contribution in [0.15, 0.2) is 30.3 Å². The number of benzene rings is 1. The van der Waals surface area contributed by atoms with Crippen LogP contribution in [-0.4, -0.2) is 9.91 Å². The number of nitrogens with zero attached hydrogens (tertiary/aromatic N) is 2. The van der Waals surface area contributed by atoms with Crippen molar-refractivity contribution in [1.82, 2.24) is 4.98 Å². The molecule has 1 aromatic heterocycles. The van der Waals surface area contributed by atoms with Gasteiger partial charge in [0.05, 0.1) is 10.6 Å². The van der Waals surface area contributed by atoms with Gasteiger partial charge in [-0.25, -0.2) is 4.98 Å². The first kappa shape index (κ1) is 13.8. The summed E-state index contributed by atoms with van der Waals surface area (Å²) in [5.41, 5.74) is 7.68. The first-order valence-electron chi connectivity index (χ1n) is 6.07. The van der Waals surface area contributed by atoms with Gasteiger partial charge in [-0.2, -0.15) is 0 Å². The van der Waals surface area contributed by atoms with Crippen LogP contribution in [0, 0.1) is 24.0 Å². The molecule has 0 atom stereocenters. The molecule has 2 N–H and O–H groups in total. The number of nitro groups is 1. The molecule has 2 rings (SSSR count). The summed E-state index contributed by atoms with van der Waals surface area (Å²) in [5, 5.41) is 10.8. The molecule has 6 nitrogen and oxygen atoms in total. The van der Waals surface area contributed by atoms with Crippen molar-refractivity contribution >= 4 is 11.5 Å². The van der Waals surface area contributed by atoms with Crippen LogP contribution in [0.1, 0.15) is 16.8 Å². The summed E-state index contributed by atoms with van der Waals surface area (Å²) in [4.78, 5) is 14.6. The zero-order chi connectivity index (χ0) is 14.7. The number of nitrogens with two attached hydrogens (primary N) is 1. The minimum Gasteiger partial charge on any atom is -0.487 e. The Labute approximate surface area is 116 Å². The number of aryl methyl sites for hydroxylation is 2. The van der Waals surface area contributed by atoms with Crippen LogP contribution in [0.5, 0.6) is 5.75 Å². The summed E-state index contributed by atoms with van der Waals surface area (Å²) in [6.07, 6.45) is 0. The first-order valence-corrected chi connectivity index (χ1v) is 6.07. The van der Waals surface area contributed by atoms with Crippen LogP contribution >= 0.6 is 0 Å². The molecule has 1 aromatic carbocycles. The molecule has 0 fully saturated rings. The number of ether oxygens (including phenoxy) is 1. The number of hydrogen-bond donors (Lipinski definition) is 1. The van der Waals surface area contributed by atoms with E-state index in [1.165, 1.54) is 6.07 Å². The number of rotatable bonds is 4. The van der Waals surface area contributed by atoms with E-state index in [-0.39, 0.29) is 12.3 Å². The molecule has 0 saturated heterocycles. The van der Waals surface area contributed by atoms with Crippen molar-refractivity contribution in [1.29, 1.82) is 0 Å². The Morgan fingerprint density at radius 3 is 2.70 bits per heavy atom. The Morgan fingerprint density at radius 1 is 1.30 bits per heavy atom. The zero-order valence-corrected chi connectivity index (χ0v) is 11.3. The van der Waals surface area contributed by atoms with E-state index in [1.54, 1.807) is 32.0 Å². The van der Waals surface area contributed by atoms with Gasteiger partial charge < -0.3 is 10.5 Å². The Morgan fingerprint density at radius 2 is 2.05 bits per heavy atom. The van der Waals surface area contributed by atoms with Gasteiger partial charge in [-0.1, -0.05) is 6.07 Å². The van der Waals surface area contributed by atoms with Gasteiger partial charge in [0.25, 0.3) is 5.69 Å². The number of pyridine rings is 1. The Bertz CT molecular complexity index is 656. The largest absolute Gasteiger partial charge is 0.487 e. The normalized spacial score (nSPS) is 10.3. The van der Waals surface area contributed by atoms with Gasteiger partial charge >= 0.3 is 0 Å². The van der Waals surface area contributed by atoms with E-state index in [2.05, 4.69) is 4.98 Å². The lowest BCUT2D eigenvalue weighted by Crippen LogP contribution is -2.02. The smallest absolute Gasteiger partial charge is 0.272 e. The quantitative estimate of drug-likeness (QED) is 0.683. The second-order valence-corrected chi connectivity index (χ2v) is 4.50. The summed E-state index contributed by atoms with van der Waals surface area (Å²) >= 11 is 0. The highest BCUT2D eigenvalue weighted by Crippen LogP contribution is 2.28. The molecule has 0 bridgehead atoms. The van der Waals surface area contributed by atoms with Gasteiger partial charge in [0, 0.05) is 11.6 Å². The van der Waals surface area contributed by atoms with Crippen LogP contribution in [0.25, 0.3) is 0 Å². The Hall–Kier alpha value is -2.63. The van der Waals surface area contributed by atoms with E-state index in [9.17, 15) is 10.1 Å². The van der Waals surface area contributed by atoms with Crippen LogP contribution in [0.4, 0.5) is 11.5 Å². The number of anilines is 1. The summed E-state index contributed by atoms with van der Waals surface area (Å²) < 4.78 is 5.65. The monoisotopic (exact) mass is 273 g/mol. The van der Waals surface area contributed by atoms with Crippen molar-refractivity contribution in [3.63, 3.8) is 0 Å². The molecule has 0 aliphatic carbocycles. The fraction of sp³-hybridized carbons (Fsp3) is 0.214. The third kappa shape index (κ3) is 3.03. The summed E-state index contributed by atoms with van der Waals surface area (Å²) in [5.74, 6) is 1.04. The van der Waals surface area contributed by atoms with Crippen LogP contribution in [0.3, 0.4) is 0 Å². The van der Waals surface area contributed by atoms with E-state index in [0.29, 0.717) is 28.4 Å². The van der Waals surface area contributed by atoms with Gasteiger partial charge in [-0.05, 0) is 37.6 Å². The minimum atomic E-state index is -0.397. The highest BCUT2D eigenvalue weighted by atomic mass is 16.6. The van der Waals surface area contributed by atoms with Gasteiger partial charge in [-0.15, -0.1) is 0 Å². The molecule has 0 aliphatic rings. The Kier molecular flexibility index (Phi) is 3.84. The number of aromatic nitrogens is 1. The van der Waals surface area contributed by atoms with Crippen molar-refractivity contribution in [2.24, 2.45) is 0 Å². The molecular weight excluding hydrogens is 258 g/mol. The number of nitro benzene ring substituents is 1. The minimum absolute atomic E-state index is 0.0944. The molecule has 0 radical (unpaired) electrons. The van der Waals surface area contributed by atoms with Crippen molar-refractivity contribution in [3.05, 3.63) is 57.3 Å². The summed E-state index contributed by atoms with van der Waals surface area (Å²) in [6, 6.07) is 8.49. The molecule has 104 valence electrons. The fourth-order valence-electron chi connectivity index (χ4n) is 1.86. The summed E-state index contributed by atoms with van der Waals surface area (Å²) in [6.45, 7) is 3.72. The maximum atomic E-state index is 10.8. The molecule has 0 unspecified atom stereocenters. The standard InChI is InChI=1S/C14H15N3O3/c1-9-7-13(10(2)6-12(9)17(18)19)20-8-11-4-3-5-14(15)16-11/h3-7H,8H2,1-2H3,(H2,15,16). The lowest BCUT2D eigenvalue weighted by Gasteiger charge is -2.10. The average Bonchev–Trinajstić information content (AvgIpc) is 2.39. The zero-order valence-electron chi connectivity index (χ0n) is 11.3. The van der Waals surface area contributed by atoms with Gasteiger partial charge in [0.2, 0.25) is 0 Å². The van der Waals surface area contributed by atoms with E-state index >= 15 is 0 Å². The SMILES string of the molecule is Cc1cc([N+](=O)[O-])c(C)cc1OCc1cccc(N)n1. The van der Waals surface area contributed by atoms with Crippen LogP contribution in [0.2, 0.25) is 0 Å². The van der Waals surface area contributed by atoms with Crippen molar-refractivity contribution in [3.8, 4) is 5.75 Å². The topological polar surface area (TPSA) is 91.3 Å². The van der Waals surface area contributed by atoms with E-state index in [1.807, 2.05) is 6.07 Å². The molecule has 0 saturated carbocycles. The second-order valence-electron chi connectivity index (χ2n) is 4.50. The molecule has 2 aromatic rings. The van der Waals surface area contributed by atoms with Crippen molar-refractivity contribution in [2.75, 3.05) is 5.73 Å². The third-order valence-corrected chi connectivity index (χ3v) is 2.89. The Balaban J connectivity index is 2.18. The average molecular weight is 273 g/mol. The summed E-state index contributed by atoms with van der Waals surface area (Å²) in [7, 11) is 0. The lowest BCUT2D eigenvalue weighted by molar-refractivity contribution is -0.385. The molecule has 6 heteroatoms. The molecule has 0 aliphatic heterocycles. The van der Waals surface area contributed by atoms with E-state index in [4.69, 9.17) is 10.5 Å². The number of nitrogen functional groups attached to an aromatic ring is 1. The maximum Gasteiger partial charge on any atom is 0.272 e. The molecule has 20 heavy (non-hydrogen) atoms. The van der Waals surface area contributed by atoms with E-state index < -0.39 is 4.92 Å². The lowest BCUT2D eigenvalue weighted by atomic mass is 10.1. The molecule has 0 amide bonds. The molecule has 0 spiro atoms. The molecular formula is C14H15N3O3. The van der Waals surface area contributed by atoms with Crippen molar-refractivity contribution in [2.45, 2.75) is 20.5 Å². The first-order chi connectivity index (χ1) is 9.47. The third-order valence-electron chi connectivity index (χ3n) is 2.89. The van der Waals surface area contributed by atoms with Crippen LogP contribution in [-0.2, 0) is 6.61 Å². The van der Waals surface area contributed by atoms with Gasteiger partial charge in [0.15, 0.2) is 0 Å². The predicted octanol–water partition coefficient (Wildman–Crippen LogP) is 2.77. The van der Waals surface area contributed by atoms with E-state index in [0.717, 1.165) is 0 Å². The second kappa shape index (κ2) is 5.56. The molecule has 1 heterocycles. The number of hydrogen-bond acceptors (Lipinski definition) is 5. The fourth-order valence-corrected chi connectivity index (χ4v) is 1.86. The van der Waals surface area contributed by atoms with Gasteiger partial charge in [-0.3, -0.25) is 10.1 Å². The highest BCUT2D eigenvalue weighted by molar-refractivity contribution is 5.49. The van der Waals surface area contributed by atoms with Crippen molar-refractivity contribution < 1.29 is 9.66 Å². The van der Waals surface area contributed by atoms with Crippen LogP contribution < -0.4 is 10.5 Å². The van der Waals surface area contributed by atoms with Gasteiger partial charge in [0.1, 0.15) is 18.2 Å². The maximum absolute atomic E-state index is 10.8. The highest BCUT2D eigenvalue weighted by Gasteiger charge is 2.14.